The average molecular weight is 424 g/mol. The molecule has 1 fully saturated rings. The number of hydrogen-bond donors (Lipinski definition) is 1. The Morgan fingerprint density at radius 3 is 2.29 bits per heavy atom. The van der Waals surface area contributed by atoms with Gasteiger partial charge in [0.05, 0.1) is 32.9 Å². The SMILES string of the molecule is COc1cc2c(N3CCC(CO)(Cc4ccccc4)CC3)nncc2c(OC)c1OC. The highest BCUT2D eigenvalue weighted by atomic mass is 16.5. The van der Waals surface area contributed by atoms with E-state index in [1.54, 1.807) is 27.5 Å². The van der Waals surface area contributed by atoms with Gasteiger partial charge in [0.1, 0.15) is 0 Å². The number of anilines is 1. The smallest absolute Gasteiger partial charge is 0.204 e. The third-order valence-corrected chi connectivity index (χ3v) is 6.33. The summed E-state index contributed by atoms with van der Waals surface area (Å²) in [6, 6.07) is 12.3. The number of aromatic nitrogens is 2. The standard InChI is InChI=1S/C24H29N3O4/c1-29-20-13-18-19(21(30-2)22(20)31-3)15-25-26-23(18)27-11-9-24(16-28,10-12-27)14-17-7-5-4-6-8-17/h4-8,13,15,28H,9-12,14,16H2,1-3H3. The van der Waals surface area contributed by atoms with Gasteiger partial charge in [-0.2, -0.15) is 5.10 Å². The Kier molecular flexibility index (Phi) is 6.13. The molecule has 0 radical (unpaired) electrons. The molecule has 1 aromatic heterocycles. The molecule has 3 aromatic rings. The Bertz CT molecular complexity index is 1030. The van der Waals surface area contributed by atoms with Gasteiger partial charge in [-0.25, -0.2) is 0 Å². The van der Waals surface area contributed by atoms with Crippen molar-refractivity contribution in [3.05, 3.63) is 48.2 Å². The van der Waals surface area contributed by atoms with Crippen LogP contribution in [0.15, 0.2) is 42.6 Å². The molecule has 0 saturated carbocycles. The van der Waals surface area contributed by atoms with Crippen molar-refractivity contribution in [2.75, 3.05) is 45.9 Å². The zero-order valence-corrected chi connectivity index (χ0v) is 18.3. The van der Waals surface area contributed by atoms with Crippen LogP contribution in [-0.2, 0) is 6.42 Å². The van der Waals surface area contributed by atoms with Crippen molar-refractivity contribution in [3.8, 4) is 17.2 Å². The zero-order valence-electron chi connectivity index (χ0n) is 18.3. The molecule has 0 aliphatic carbocycles. The average Bonchev–Trinajstić information content (AvgIpc) is 2.83. The summed E-state index contributed by atoms with van der Waals surface area (Å²) in [4.78, 5) is 2.24. The van der Waals surface area contributed by atoms with E-state index in [2.05, 4.69) is 39.4 Å². The lowest BCUT2D eigenvalue weighted by molar-refractivity contribution is 0.0961. The largest absolute Gasteiger partial charge is 0.493 e. The van der Waals surface area contributed by atoms with Gasteiger partial charge in [0.2, 0.25) is 5.75 Å². The van der Waals surface area contributed by atoms with Crippen LogP contribution >= 0.6 is 0 Å². The van der Waals surface area contributed by atoms with Crippen LogP contribution in [0.3, 0.4) is 0 Å². The minimum absolute atomic E-state index is 0.117. The Hall–Kier alpha value is -3.06. The number of nitrogens with zero attached hydrogens (tertiary/aromatic N) is 3. The molecule has 4 rings (SSSR count). The maximum absolute atomic E-state index is 10.2. The molecule has 0 amide bonds. The van der Waals surface area contributed by atoms with Gasteiger partial charge in [-0.3, -0.25) is 0 Å². The lowest BCUT2D eigenvalue weighted by Gasteiger charge is -2.41. The predicted octanol–water partition coefficient (Wildman–Crippen LogP) is 3.48. The van der Waals surface area contributed by atoms with Gasteiger partial charge in [0.25, 0.3) is 0 Å². The monoisotopic (exact) mass is 423 g/mol. The second-order valence-corrected chi connectivity index (χ2v) is 8.08. The molecule has 164 valence electrons. The van der Waals surface area contributed by atoms with E-state index in [0.717, 1.165) is 48.9 Å². The molecule has 31 heavy (non-hydrogen) atoms. The van der Waals surface area contributed by atoms with Gasteiger partial charge in [-0.15, -0.1) is 5.10 Å². The van der Waals surface area contributed by atoms with Crippen LogP contribution in [0.5, 0.6) is 17.2 Å². The number of aliphatic hydroxyl groups excluding tert-OH is 1. The number of fused-ring (bicyclic) bond motifs is 1. The van der Waals surface area contributed by atoms with Crippen LogP contribution in [0.4, 0.5) is 5.82 Å². The molecule has 2 heterocycles. The van der Waals surface area contributed by atoms with E-state index < -0.39 is 0 Å². The van der Waals surface area contributed by atoms with Crippen LogP contribution in [0, 0.1) is 5.41 Å². The molecule has 7 nitrogen and oxygen atoms in total. The summed E-state index contributed by atoms with van der Waals surface area (Å²) in [7, 11) is 4.81. The van der Waals surface area contributed by atoms with Gasteiger partial charge in [-0.1, -0.05) is 30.3 Å². The normalized spacial score (nSPS) is 15.7. The highest BCUT2D eigenvalue weighted by Crippen LogP contribution is 2.45. The molecule has 1 saturated heterocycles. The second-order valence-electron chi connectivity index (χ2n) is 8.08. The van der Waals surface area contributed by atoms with Crippen molar-refractivity contribution >= 4 is 16.6 Å². The number of rotatable bonds is 7. The third kappa shape index (κ3) is 3.97. The van der Waals surface area contributed by atoms with Crippen LogP contribution in [-0.4, -0.2) is 56.3 Å². The lowest BCUT2D eigenvalue weighted by atomic mass is 9.74. The van der Waals surface area contributed by atoms with Crippen molar-refractivity contribution in [3.63, 3.8) is 0 Å². The first-order valence-electron chi connectivity index (χ1n) is 10.5. The molecule has 1 aliphatic rings. The molecular weight excluding hydrogens is 394 g/mol. The van der Waals surface area contributed by atoms with Crippen molar-refractivity contribution < 1.29 is 19.3 Å². The van der Waals surface area contributed by atoms with E-state index in [1.165, 1.54) is 5.56 Å². The fourth-order valence-corrected chi connectivity index (χ4v) is 4.53. The van der Waals surface area contributed by atoms with Gasteiger partial charge in [-0.05, 0) is 30.9 Å². The number of methoxy groups -OCH3 is 3. The number of piperidine rings is 1. The molecule has 0 spiro atoms. The predicted molar refractivity (Wildman–Crippen MR) is 120 cm³/mol. The summed E-state index contributed by atoms with van der Waals surface area (Å²) in [6.07, 6.45) is 4.32. The van der Waals surface area contributed by atoms with Crippen molar-refractivity contribution in [2.24, 2.45) is 5.41 Å². The summed E-state index contributed by atoms with van der Waals surface area (Å²) < 4.78 is 16.7. The van der Waals surface area contributed by atoms with Crippen LogP contribution in [0.25, 0.3) is 10.8 Å². The molecule has 0 unspecified atom stereocenters. The van der Waals surface area contributed by atoms with Crippen LogP contribution in [0.1, 0.15) is 18.4 Å². The summed E-state index contributed by atoms with van der Waals surface area (Å²) in [5, 5.41) is 20.7. The van der Waals surface area contributed by atoms with E-state index >= 15 is 0 Å². The van der Waals surface area contributed by atoms with Crippen molar-refractivity contribution in [2.45, 2.75) is 19.3 Å². The molecule has 1 aliphatic heterocycles. The molecular formula is C24H29N3O4. The minimum Gasteiger partial charge on any atom is -0.493 e. The van der Waals surface area contributed by atoms with E-state index in [1.807, 2.05) is 12.1 Å². The Morgan fingerprint density at radius 1 is 0.968 bits per heavy atom. The molecule has 7 heteroatoms. The fourth-order valence-electron chi connectivity index (χ4n) is 4.53. The number of hydrogen-bond acceptors (Lipinski definition) is 7. The minimum atomic E-state index is -0.117. The van der Waals surface area contributed by atoms with Crippen molar-refractivity contribution in [1.29, 1.82) is 0 Å². The Morgan fingerprint density at radius 2 is 1.68 bits per heavy atom. The van der Waals surface area contributed by atoms with E-state index in [0.29, 0.717) is 17.2 Å². The molecule has 1 N–H and O–H groups in total. The first-order valence-corrected chi connectivity index (χ1v) is 10.5. The van der Waals surface area contributed by atoms with Crippen molar-refractivity contribution in [1.82, 2.24) is 10.2 Å². The summed E-state index contributed by atoms with van der Waals surface area (Å²) in [5.74, 6) is 2.51. The number of benzene rings is 2. The first kappa shape index (κ1) is 21.2. The zero-order chi connectivity index (χ0) is 21.8. The molecule has 2 aromatic carbocycles. The number of ether oxygens (including phenoxy) is 3. The van der Waals surface area contributed by atoms with Gasteiger partial charge < -0.3 is 24.2 Å². The maximum Gasteiger partial charge on any atom is 0.204 e. The Balaban J connectivity index is 1.64. The first-order chi connectivity index (χ1) is 15.1. The third-order valence-electron chi connectivity index (χ3n) is 6.33. The van der Waals surface area contributed by atoms with E-state index in [-0.39, 0.29) is 12.0 Å². The second kappa shape index (κ2) is 8.98. The highest BCUT2D eigenvalue weighted by Gasteiger charge is 2.35. The fraction of sp³-hybridized carbons (Fsp3) is 0.417. The van der Waals surface area contributed by atoms with Crippen LogP contribution < -0.4 is 19.1 Å². The summed E-state index contributed by atoms with van der Waals surface area (Å²) >= 11 is 0. The summed E-state index contributed by atoms with van der Waals surface area (Å²) in [5.41, 5.74) is 1.14. The topological polar surface area (TPSA) is 76.9 Å². The maximum atomic E-state index is 10.2. The Labute approximate surface area is 182 Å². The van der Waals surface area contributed by atoms with Gasteiger partial charge in [0.15, 0.2) is 17.3 Å². The van der Waals surface area contributed by atoms with E-state index in [4.69, 9.17) is 14.2 Å². The van der Waals surface area contributed by atoms with E-state index in [9.17, 15) is 5.11 Å². The highest BCUT2D eigenvalue weighted by molar-refractivity contribution is 5.99. The quantitative estimate of drug-likeness (QED) is 0.623. The van der Waals surface area contributed by atoms with Crippen LogP contribution in [0.2, 0.25) is 0 Å². The summed E-state index contributed by atoms with van der Waals surface area (Å²) in [6.45, 7) is 1.76. The van der Waals surface area contributed by atoms with Gasteiger partial charge in [0, 0.05) is 30.5 Å². The number of aliphatic hydroxyl groups is 1. The van der Waals surface area contributed by atoms with Gasteiger partial charge >= 0.3 is 0 Å². The molecule has 0 atom stereocenters. The molecule has 0 bridgehead atoms. The lowest BCUT2D eigenvalue weighted by Crippen LogP contribution is -2.43.